The van der Waals surface area contributed by atoms with E-state index in [1.807, 2.05) is 18.9 Å². The fourth-order valence-electron chi connectivity index (χ4n) is 4.32. The number of nitrogens with one attached hydrogen (secondary N) is 1. The standard InChI is InChI=1S/C28H41BrN6O4/c1-20(18-32-19-21(2)31-3)27(37)33(4)11-9-23(8-6-13-36)34(5)26-24(16-22(29)17-25(26)30)28(38)35-10-7-14-39-15-12-35/h13,16-19,23,31H,1,6-12,14-15,30H2,2-5H3/b21-19+,32-18?. The first-order chi connectivity index (χ1) is 18.6. The molecule has 1 aromatic carbocycles. The summed E-state index contributed by atoms with van der Waals surface area (Å²) in [6.45, 7) is 8.34. The molecule has 0 radical (unpaired) electrons. The van der Waals surface area contributed by atoms with Gasteiger partial charge >= 0.3 is 0 Å². The number of nitrogens with zero attached hydrogens (tertiary/aromatic N) is 4. The van der Waals surface area contributed by atoms with E-state index in [-0.39, 0.29) is 23.4 Å². The molecule has 10 nitrogen and oxygen atoms in total. The predicted molar refractivity (Wildman–Crippen MR) is 160 cm³/mol. The summed E-state index contributed by atoms with van der Waals surface area (Å²) in [6, 6.07) is 3.40. The minimum atomic E-state index is -0.242. The molecule has 2 amide bonds. The normalized spacial score (nSPS) is 15.0. The van der Waals surface area contributed by atoms with Crippen LogP contribution in [0.1, 0.15) is 43.0 Å². The maximum absolute atomic E-state index is 13.6. The third kappa shape index (κ3) is 9.50. The van der Waals surface area contributed by atoms with Crippen LogP contribution in [-0.4, -0.2) is 94.1 Å². The minimum absolute atomic E-state index is 0.116. The highest BCUT2D eigenvalue weighted by Gasteiger charge is 2.27. The lowest BCUT2D eigenvalue weighted by Crippen LogP contribution is -2.39. The maximum Gasteiger partial charge on any atom is 0.256 e. The second kappa shape index (κ2) is 16.0. The number of rotatable bonds is 13. The topological polar surface area (TPSA) is 121 Å². The molecule has 1 fully saturated rings. The zero-order valence-corrected chi connectivity index (χ0v) is 25.0. The third-order valence-electron chi connectivity index (χ3n) is 6.67. The van der Waals surface area contributed by atoms with Crippen molar-refractivity contribution in [2.75, 3.05) is 64.6 Å². The van der Waals surface area contributed by atoms with Crippen molar-refractivity contribution in [1.29, 1.82) is 0 Å². The molecular formula is C28H41BrN6O4. The van der Waals surface area contributed by atoms with Crippen LogP contribution in [0, 0.1) is 0 Å². The highest BCUT2D eigenvalue weighted by molar-refractivity contribution is 9.10. The molecule has 0 bridgehead atoms. The fraction of sp³-hybridized carbons (Fsp3) is 0.500. The number of halogens is 1. The van der Waals surface area contributed by atoms with Crippen molar-refractivity contribution < 1.29 is 19.1 Å². The van der Waals surface area contributed by atoms with Gasteiger partial charge in [-0.05, 0) is 38.3 Å². The summed E-state index contributed by atoms with van der Waals surface area (Å²) in [5.74, 6) is -0.358. The predicted octanol–water partition coefficient (Wildman–Crippen LogP) is 3.23. The van der Waals surface area contributed by atoms with Crippen LogP contribution in [0.25, 0.3) is 0 Å². The summed E-state index contributed by atoms with van der Waals surface area (Å²) in [5, 5.41) is 2.96. The van der Waals surface area contributed by atoms with Crippen LogP contribution in [0.5, 0.6) is 0 Å². The van der Waals surface area contributed by atoms with Crippen LogP contribution >= 0.6 is 15.9 Å². The number of benzene rings is 1. The van der Waals surface area contributed by atoms with Crippen LogP contribution in [-0.2, 0) is 14.3 Å². The molecule has 0 spiro atoms. The molecule has 1 aromatic rings. The van der Waals surface area contributed by atoms with E-state index in [9.17, 15) is 14.4 Å². The lowest BCUT2D eigenvalue weighted by molar-refractivity contribution is -0.125. The van der Waals surface area contributed by atoms with Crippen molar-refractivity contribution in [1.82, 2.24) is 15.1 Å². The van der Waals surface area contributed by atoms with E-state index in [0.717, 1.165) is 18.4 Å². The summed E-state index contributed by atoms with van der Waals surface area (Å²) in [5.41, 5.74) is 9.15. The van der Waals surface area contributed by atoms with Gasteiger partial charge in [0.2, 0.25) is 0 Å². The van der Waals surface area contributed by atoms with Crippen LogP contribution < -0.4 is 16.0 Å². The average molecular weight is 606 g/mol. The maximum atomic E-state index is 13.6. The molecule has 1 unspecified atom stereocenters. The first-order valence-electron chi connectivity index (χ1n) is 13.0. The Hall–Kier alpha value is -3.18. The van der Waals surface area contributed by atoms with Crippen molar-refractivity contribution in [2.45, 2.75) is 38.6 Å². The van der Waals surface area contributed by atoms with Crippen LogP contribution in [0.2, 0.25) is 0 Å². The summed E-state index contributed by atoms with van der Waals surface area (Å²) in [7, 11) is 5.37. The number of nitrogens with two attached hydrogens (primary N) is 1. The van der Waals surface area contributed by atoms with Gasteiger partial charge in [0.05, 0.1) is 29.1 Å². The number of aliphatic imine (C=N–C) groups is 1. The molecule has 214 valence electrons. The molecule has 39 heavy (non-hydrogen) atoms. The minimum Gasteiger partial charge on any atom is -0.397 e. The molecule has 1 atom stereocenters. The Morgan fingerprint density at radius 2 is 2.03 bits per heavy atom. The summed E-state index contributed by atoms with van der Waals surface area (Å²) in [4.78, 5) is 47.2. The Morgan fingerprint density at radius 1 is 1.28 bits per heavy atom. The van der Waals surface area contributed by atoms with Crippen molar-refractivity contribution in [2.24, 2.45) is 4.99 Å². The number of ether oxygens (including phenoxy) is 1. The van der Waals surface area contributed by atoms with Gasteiger partial charge in [-0.1, -0.05) is 22.5 Å². The summed E-state index contributed by atoms with van der Waals surface area (Å²) in [6.07, 6.45) is 6.13. The van der Waals surface area contributed by atoms with Crippen molar-refractivity contribution >= 4 is 51.6 Å². The molecule has 1 aliphatic rings. The Labute approximate surface area is 240 Å². The largest absolute Gasteiger partial charge is 0.397 e. The number of allylic oxidation sites excluding steroid dienone is 1. The van der Waals surface area contributed by atoms with Crippen LogP contribution in [0.15, 0.2) is 45.6 Å². The molecule has 2 rings (SSSR count). The van der Waals surface area contributed by atoms with E-state index in [1.54, 1.807) is 42.2 Å². The van der Waals surface area contributed by atoms with Crippen molar-refractivity contribution in [3.63, 3.8) is 0 Å². The van der Waals surface area contributed by atoms with Crippen LogP contribution in [0.3, 0.4) is 0 Å². The summed E-state index contributed by atoms with van der Waals surface area (Å²) < 4.78 is 6.23. The molecule has 11 heteroatoms. The molecule has 0 aromatic heterocycles. The van der Waals surface area contributed by atoms with Gasteiger partial charge in [0.1, 0.15) is 6.29 Å². The molecular weight excluding hydrogens is 564 g/mol. The molecule has 1 aliphatic heterocycles. The number of nitrogen functional groups attached to an aromatic ring is 1. The Morgan fingerprint density at radius 3 is 2.72 bits per heavy atom. The van der Waals surface area contributed by atoms with Gasteiger partial charge in [-0.25, -0.2) is 0 Å². The zero-order valence-electron chi connectivity index (χ0n) is 23.4. The number of carbonyl (C=O) groups is 3. The number of likely N-dealkylation sites (N-methyl/N-ethyl adjacent to an activating group) is 1. The number of carbonyl (C=O) groups excluding carboxylic acids is 3. The van der Waals surface area contributed by atoms with E-state index >= 15 is 0 Å². The van der Waals surface area contributed by atoms with E-state index in [4.69, 9.17) is 10.5 Å². The molecule has 1 heterocycles. The van der Waals surface area contributed by atoms with Gasteiger partial charge in [0.25, 0.3) is 11.8 Å². The van der Waals surface area contributed by atoms with Crippen LogP contribution in [0.4, 0.5) is 11.4 Å². The van der Waals surface area contributed by atoms with E-state index in [1.165, 1.54) is 6.21 Å². The number of aldehydes is 1. The second-order valence-corrected chi connectivity index (χ2v) is 10.5. The van der Waals surface area contributed by atoms with Gasteiger partial charge in [-0.2, -0.15) is 0 Å². The van der Waals surface area contributed by atoms with Gasteiger partial charge < -0.3 is 35.3 Å². The fourth-order valence-corrected chi connectivity index (χ4v) is 4.79. The first kappa shape index (κ1) is 32.0. The Kier molecular flexibility index (Phi) is 13.2. The van der Waals surface area contributed by atoms with Gasteiger partial charge in [-0.15, -0.1) is 0 Å². The van der Waals surface area contributed by atoms with Crippen molar-refractivity contribution in [3.8, 4) is 0 Å². The lowest BCUT2D eigenvalue weighted by Gasteiger charge is -2.34. The number of amides is 2. The average Bonchev–Trinajstić information content (AvgIpc) is 3.20. The number of hydrogen-bond acceptors (Lipinski definition) is 8. The molecule has 0 saturated carbocycles. The van der Waals surface area contributed by atoms with E-state index in [2.05, 4.69) is 32.8 Å². The van der Waals surface area contributed by atoms with Gasteiger partial charge in [0, 0.05) is 82.4 Å². The molecule has 3 N–H and O–H groups in total. The smallest absolute Gasteiger partial charge is 0.256 e. The molecule has 1 saturated heterocycles. The Balaban J connectivity index is 2.25. The zero-order chi connectivity index (χ0) is 28.9. The quantitative estimate of drug-likeness (QED) is 0.153. The second-order valence-electron chi connectivity index (χ2n) is 9.54. The molecule has 0 aliphatic carbocycles. The third-order valence-corrected chi connectivity index (χ3v) is 7.13. The Bertz CT molecular complexity index is 1080. The highest BCUT2D eigenvalue weighted by Crippen LogP contribution is 2.34. The monoisotopic (exact) mass is 604 g/mol. The number of hydrogen-bond donors (Lipinski definition) is 2. The van der Waals surface area contributed by atoms with Crippen molar-refractivity contribution in [3.05, 3.63) is 46.2 Å². The van der Waals surface area contributed by atoms with E-state index < -0.39 is 0 Å². The van der Waals surface area contributed by atoms with Gasteiger partial charge in [-0.3, -0.25) is 14.6 Å². The highest BCUT2D eigenvalue weighted by atomic mass is 79.9. The SMILES string of the molecule is C=C(C=N/C=C(\C)NC)C(=O)N(C)CCC(CCC=O)N(C)c1c(N)cc(Br)cc1C(=O)N1CCCOCC1. The van der Waals surface area contributed by atoms with E-state index in [0.29, 0.717) is 73.5 Å². The lowest BCUT2D eigenvalue weighted by atomic mass is 10.0. The summed E-state index contributed by atoms with van der Waals surface area (Å²) >= 11 is 3.48. The van der Waals surface area contributed by atoms with Gasteiger partial charge in [0.15, 0.2) is 0 Å². The first-order valence-corrected chi connectivity index (χ1v) is 13.8. The number of anilines is 2.